The molecule has 0 bridgehead atoms. The monoisotopic (exact) mass is 272 g/mol. The van der Waals surface area contributed by atoms with Crippen molar-refractivity contribution in [2.75, 3.05) is 0 Å². The van der Waals surface area contributed by atoms with Gasteiger partial charge >= 0.3 is 5.97 Å². The molecule has 1 amide bonds. The first-order chi connectivity index (χ1) is 8.93. The van der Waals surface area contributed by atoms with E-state index in [1.807, 2.05) is 6.92 Å². The van der Waals surface area contributed by atoms with Crippen molar-refractivity contribution >= 4 is 17.6 Å². The lowest BCUT2D eigenvalue weighted by Gasteiger charge is -2.31. The topological polar surface area (TPSA) is 90.2 Å². The Bertz CT molecular complexity index is 354. The molecule has 5 nitrogen and oxygen atoms in total. The van der Waals surface area contributed by atoms with Crippen LogP contribution < -0.4 is 5.32 Å². The molecule has 6 heteroatoms. The smallest absolute Gasteiger partial charge is 0.349 e. The van der Waals surface area contributed by atoms with Crippen LogP contribution in [0.1, 0.15) is 45.4 Å². The van der Waals surface area contributed by atoms with E-state index in [-0.39, 0.29) is 30.0 Å². The van der Waals surface area contributed by atoms with Gasteiger partial charge in [-0.15, -0.1) is 0 Å². The van der Waals surface area contributed by atoms with Gasteiger partial charge in [-0.2, -0.15) is 0 Å². The molecule has 1 saturated carbocycles. The number of rotatable bonds is 8. The maximum Gasteiger partial charge on any atom is 0.349 e. The zero-order valence-electron chi connectivity index (χ0n) is 11.1. The molecular formula is C13H21FN2O3. The van der Waals surface area contributed by atoms with Gasteiger partial charge in [-0.3, -0.25) is 10.2 Å². The third kappa shape index (κ3) is 4.96. The number of alkyl halides is 1. The molecule has 0 aromatic rings. The summed E-state index contributed by atoms with van der Waals surface area (Å²) in [6, 6.07) is -0.0473. The Morgan fingerprint density at radius 1 is 1.47 bits per heavy atom. The molecule has 0 spiro atoms. The highest BCUT2D eigenvalue weighted by atomic mass is 19.1. The highest BCUT2D eigenvalue weighted by Crippen LogP contribution is 2.24. The molecule has 0 aromatic heterocycles. The molecule has 1 aliphatic carbocycles. The van der Waals surface area contributed by atoms with Crippen molar-refractivity contribution in [3.63, 3.8) is 0 Å². The number of nitrogens with one attached hydrogen (secondary N) is 2. The zero-order valence-corrected chi connectivity index (χ0v) is 11.1. The minimum Gasteiger partial charge on any atom is -0.477 e. The first-order valence-electron chi connectivity index (χ1n) is 6.69. The largest absolute Gasteiger partial charge is 0.477 e. The summed E-state index contributed by atoms with van der Waals surface area (Å²) in [6.45, 7) is 1.89. The van der Waals surface area contributed by atoms with Crippen LogP contribution in [-0.2, 0) is 9.59 Å². The lowest BCUT2D eigenvalue weighted by atomic mass is 9.89. The molecule has 108 valence electrons. The van der Waals surface area contributed by atoms with Crippen molar-refractivity contribution in [2.45, 2.75) is 57.7 Å². The van der Waals surface area contributed by atoms with Gasteiger partial charge in [0.2, 0.25) is 5.91 Å². The van der Waals surface area contributed by atoms with Crippen molar-refractivity contribution in [3.05, 3.63) is 0 Å². The van der Waals surface area contributed by atoms with Crippen LogP contribution in [0.5, 0.6) is 0 Å². The molecule has 0 radical (unpaired) electrons. The van der Waals surface area contributed by atoms with Gasteiger partial charge in [0.25, 0.3) is 0 Å². The minimum absolute atomic E-state index is 0.0473. The summed E-state index contributed by atoms with van der Waals surface area (Å²) in [6.07, 6.45) is 1.91. The fourth-order valence-corrected chi connectivity index (χ4v) is 2.14. The Kier molecular flexibility index (Phi) is 5.92. The Labute approximate surface area is 112 Å². The van der Waals surface area contributed by atoms with Crippen LogP contribution in [0.4, 0.5) is 4.39 Å². The Morgan fingerprint density at radius 3 is 2.58 bits per heavy atom. The number of carboxylic acids is 1. The van der Waals surface area contributed by atoms with E-state index in [2.05, 4.69) is 5.32 Å². The summed E-state index contributed by atoms with van der Waals surface area (Å²) < 4.78 is 12.6. The van der Waals surface area contributed by atoms with Crippen molar-refractivity contribution in [3.8, 4) is 0 Å². The molecule has 3 N–H and O–H groups in total. The Balaban J connectivity index is 2.26. The van der Waals surface area contributed by atoms with Gasteiger partial charge in [0, 0.05) is 12.0 Å². The number of carbonyl (C=O) groups excluding carboxylic acids is 1. The molecule has 1 fully saturated rings. The molecule has 1 unspecified atom stereocenters. The highest BCUT2D eigenvalue weighted by molar-refractivity contribution is 6.34. The van der Waals surface area contributed by atoms with E-state index in [4.69, 9.17) is 10.5 Å². The number of amides is 1. The molecular weight excluding hydrogens is 251 g/mol. The summed E-state index contributed by atoms with van der Waals surface area (Å²) in [5.74, 6) is -1.47. The fourth-order valence-electron chi connectivity index (χ4n) is 2.14. The second-order valence-corrected chi connectivity index (χ2v) is 5.06. The van der Waals surface area contributed by atoms with Crippen molar-refractivity contribution in [1.29, 1.82) is 5.41 Å². The third-order valence-corrected chi connectivity index (χ3v) is 3.53. The molecule has 1 aliphatic rings. The molecule has 0 heterocycles. The van der Waals surface area contributed by atoms with E-state index in [0.717, 1.165) is 0 Å². The lowest BCUT2D eigenvalue weighted by molar-refractivity contribution is -0.129. The van der Waals surface area contributed by atoms with Crippen LogP contribution in [0.25, 0.3) is 0 Å². The predicted molar refractivity (Wildman–Crippen MR) is 69.1 cm³/mol. The average Bonchev–Trinajstić information content (AvgIpc) is 2.32. The van der Waals surface area contributed by atoms with Gasteiger partial charge < -0.3 is 10.4 Å². The van der Waals surface area contributed by atoms with Gasteiger partial charge in [-0.25, -0.2) is 9.18 Å². The normalized spacial score (nSPS) is 23.3. The molecule has 19 heavy (non-hydrogen) atoms. The number of halogens is 1. The van der Waals surface area contributed by atoms with E-state index in [0.29, 0.717) is 32.1 Å². The second kappa shape index (κ2) is 7.21. The number of hydrogen-bond acceptors (Lipinski definition) is 3. The quantitative estimate of drug-likeness (QED) is 0.589. The molecule has 0 aromatic carbocycles. The van der Waals surface area contributed by atoms with Crippen LogP contribution in [0.15, 0.2) is 0 Å². The second-order valence-electron chi connectivity index (χ2n) is 5.06. The number of carbonyl (C=O) groups is 2. The summed E-state index contributed by atoms with van der Waals surface area (Å²) >= 11 is 0. The standard InChI is InChI=1S/C13H21FN2O3/c1-2-8(4-3-5-11(15)13(18)19)12(17)16-10-6-9(14)7-10/h8-10,15H,2-7H2,1H3,(H,16,17)(H,18,19). The molecule has 0 aliphatic heterocycles. The van der Waals surface area contributed by atoms with Crippen molar-refractivity contribution in [1.82, 2.24) is 5.32 Å². The Morgan fingerprint density at radius 2 is 2.11 bits per heavy atom. The predicted octanol–water partition coefficient (Wildman–Crippen LogP) is 1.90. The number of hydrogen-bond donors (Lipinski definition) is 3. The van der Waals surface area contributed by atoms with E-state index in [1.165, 1.54) is 0 Å². The lowest BCUT2D eigenvalue weighted by Crippen LogP contribution is -2.47. The average molecular weight is 272 g/mol. The number of carboxylic acid groups (broad SMARTS) is 1. The van der Waals surface area contributed by atoms with E-state index >= 15 is 0 Å². The third-order valence-electron chi connectivity index (χ3n) is 3.53. The summed E-state index contributed by atoms with van der Waals surface area (Å²) in [5.41, 5.74) is -0.325. The van der Waals surface area contributed by atoms with E-state index < -0.39 is 12.1 Å². The zero-order chi connectivity index (χ0) is 14.4. The molecule has 1 rings (SSSR count). The first kappa shape index (κ1) is 15.6. The minimum atomic E-state index is -1.21. The van der Waals surface area contributed by atoms with Crippen LogP contribution in [-0.4, -0.2) is 34.9 Å². The van der Waals surface area contributed by atoms with Crippen LogP contribution >= 0.6 is 0 Å². The fraction of sp³-hybridized carbons (Fsp3) is 0.769. The SMILES string of the molecule is CCC(CCCC(=N)C(=O)O)C(=O)NC1CC(F)C1. The van der Waals surface area contributed by atoms with Gasteiger partial charge in [-0.1, -0.05) is 6.92 Å². The summed E-state index contributed by atoms with van der Waals surface area (Å²) in [7, 11) is 0. The van der Waals surface area contributed by atoms with Crippen molar-refractivity contribution in [2.24, 2.45) is 5.92 Å². The van der Waals surface area contributed by atoms with Crippen LogP contribution in [0.2, 0.25) is 0 Å². The van der Waals surface area contributed by atoms with Gasteiger partial charge in [0.15, 0.2) is 0 Å². The molecule has 0 saturated heterocycles. The maximum absolute atomic E-state index is 12.6. The summed E-state index contributed by atoms with van der Waals surface area (Å²) in [5, 5.41) is 18.6. The highest BCUT2D eigenvalue weighted by Gasteiger charge is 2.31. The molecule has 1 atom stereocenters. The maximum atomic E-state index is 12.6. The van der Waals surface area contributed by atoms with Crippen LogP contribution in [0, 0.1) is 11.3 Å². The summed E-state index contributed by atoms with van der Waals surface area (Å²) in [4.78, 5) is 22.4. The van der Waals surface area contributed by atoms with Crippen molar-refractivity contribution < 1.29 is 19.1 Å². The first-order valence-corrected chi connectivity index (χ1v) is 6.69. The van der Waals surface area contributed by atoms with Gasteiger partial charge in [-0.05, 0) is 38.5 Å². The van der Waals surface area contributed by atoms with Gasteiger partial charge in [0.05, 0.1) is 0 Å². The van der Waals surface area contributed by atoms with Gasteiger partial charge in [0.1, 0.15) is 11.9 Å². The number of aliphatic carboxylic acids is 1. The van der Waals surface area contributed by atoms with E-state index in [1.54, 1.807) is 0 Å². The Hall–Kier alpha value is -1.46. The van der Waals surface area contributed by atoms with E-state index in [9.17, 15) is 14.0 Å². The van der Waals surface area contributed by atoms with Crippen LogP contribution in [0.3, 0.4) is 0 Å².